The minimum atomic E-state index is -0.646. The third-order valence-electron chi connectivity index (χ3n) is 1.91. The Morgan fingerprint density at radius 1 is 1.29 bits per heavy atom. The molecule has 0 unspecified atom stereocenters. The van der Waals surface area contributed by atoms with Crippen molar-refractivity contribution in [2.45, 2.75) is 6.10 Å². The van der Waals surface area contributed by atoms with Gasteiger partial charge in [0.25, 0.3) is 0 Å². The van der Waals surface area contributed by atoms with Gasteiger partial charge in [-0.25, -0.2) is 0 Å². The molecule has 0 aliphatic carbocycles. The Morgan fingerprint density at radius 2 is 1.93 bits per heavy atom. The Hall–Kier alpha value is -1.60. The molecule has 1 rings (SSSR count). The SMILES string of the molecule is C=CC(=C)[C@@H](O)/C=C/c1ccccc1. The molecular formula is C13H14O. The number of rotatable bonds is 4. The molecule has 0 saturated heterocycles. The quantitative estimate of drug-likeness (QED) is 0.717. The molecule has 1 heteroatoms. The molecule has 1 N–H and O–H groups in total. The Bertz CT molecular complexity index is 336. The van der Waals surface area contributed by atoms with Crippen molar-refractivity contribution in [2.24, 2.45) is 0 Å². The van der Waals surface area contributed by atoms with Gasteiger partial charge in [-0.3, -0.25) is 0 Å². The summed E-state index contributed by atoms with van der Waals surface area (Å²) >= 11 is 0. The molecular weight excluding hydrogens is 172 g/mol. The summed E-state index contributed by atoms with van der Waals surface area (Å²) in [5, 5.41) is 9.52. The van der Waals surface area contributed by atoms with Gasteiger partial charge in [-0.2, -0.15) is 0 Å². The molecule has 72 valence electrons. The van der Waals surface area contributed by atoms with Crippen molar-refractivity contribution in [1.82, 2.24) is 0 Å². The van der Waals surface area contributed by atoms with Crippen LogP contribution < -0.4 is 0 Å². The Morgan fingerprint density at radius 3 is 2.50 bits per heavy atom. The first-order valence-electron chi connectivity index (χ1n) is 4.46. The lowest BCUT2D eigenvalue weighted by Gasteiger charge is -2.03. The van der Waals surface area contributed by atoms with E-state index in [1.54, 1.807) is 12.2 Å². The van der Waals surface area contributed by atoms with E-state index in [4.69, 9.17) is 0 Å². The average molecular weight is 186 g/mol. The molecule has 0 fully saturated rings. The second-order valence-electron chi connectivity index (χ2n) is 2.99. The summed E-state index contributed by atoms with van der Waals surface area (Å²) in [5.74, 6) is 0. The van der Waals surface area contributed by atoms with Crippen LogP contribution in [0.3, 0.4) is 0 Å². The molecule has 1 aromatic rings. The highest BCUT2D eigenvalue weighted by Gasteiger charge is 1.98. The van der Waals surface area contributed by atoms with E-state index in [0.717, 1.165) is 5.56 Å². The van der Waals surface area contributed by atoms with Crippen LogP contribution in [0, 0.1) is 0 Å². The predicted octanol–water partition coefficient (Wildman–Crippen LogP) is 2.80. The van der Waals surface area contributed by atoms with Crippen LogP contribution in [-0.2, 0) is 0 Å². The van der Waals surface area contributed by atoms with Gasteiger partial charge in [0.15, 0.2) is 0 Å². The molecule has 0 aliphatic rings. The Labute approximate surface area is 84.7 Å². The zero-order valence-electron chi connectivity index (χ0n) is 8.06. The fourth-order valence-corrected chi connectivity index (χ4v) is 1.01. The maximum atomic E-state index is 9.52. The summed E-state index contributed by atoms with van der Waals surface area (Å²) in [6.07, 6.45) is 4.46. The van der Waals surface area contributed by atoms with Gasteiger partial charge in [0, 0.05) is 0 Å². The number of hydrogen-bond acceptors (Lipinski definition) is 1. The molecule has 0 spiro atoms. The largest absolute Gasteiger partial charge is 0.384 e. The van der Waals surface area contributed by atoms with Gasteiger partial charge in [-0.15, -0.1) is 0 Å². The molecule has 0 amide bonds. The molecule has 0 heterocycles. The Kier molecular flexibility index (Phi) is 3.89. The van der Waals surface area contributed by atoms with Crippen LogP contribution in [0.5, 0.6) is 0 Å². The first-order valence-corrected chi connectivity index (χ1v) is 4.46. The fraction of sp³-hybridized carbons (Fsp3) is 0.0769. The second kappa shape index (κ2) is 5.20. The van der Waals surface area contributed by atoms with Crippen LogP contribution in [0.1, 0.15) is 5.56 Å². The van der Waals surface area contributed by atoms with Crippen molar-refractivity contribution in [1.29, 1.82) is 0 Å². The van der Waals surface area contributed by atoms with Gasteiger partial charge in [-0.05, 0) is 11.1 Å². The van der Waals surface area contributed by atoms with E-state index in [9.17, 15) is 5.11 Å². The molecule has 1 atom stereocenters. The first-order chi connectivity index (χ1) is 6.74. The van der Waals surface area contributed by atoms with E-state index in [2.05, 4.69) is 13.2 Å². The highest BCUT2D eigenvalue weighted by Crippen LogP contribution is 2.06. The van der Waals surface area contributed by atoms with Gasteiger partial charge < -0.3 is 5.11 Å². The van der Waals surface area contributed by atoms with Gasteiger partial charge in [0.2, 0.25) is 0 Å². The molecule has 0 saturated carbocycles. The first kappa shape index (κ1) is 10.5. The summed E-state index contributed by atoms with van der Waals surface area (Å²) in [4.78, 5) is 0. The lowest BCUT2D eigenvalue weighted by atomic mass is 10.1. The predicted molar refractivity (Wildman–Crippen MR) is 60.8 cm³/mol. The molecule has 14 heavy (non-hydrogen) atoms. The van der Waals surface area contributed by atoms with Crippen LogP contribution in [0.15, 0.2) is 61.2 Å². The molecule has 1 aromatic carbocycles. The highest BCUT2D eigenvalue weighted by atomic mass is 16.3. The third kappa shape index (κ3) is 3.04. The smallest absolute Gasteiger partial charge is 0.0969 e. The van der Waals surface area contributed by atoms with Crippen LogP contribution in [0.2, 0.25) is 0 Å². The topological polar surface area (TPSA) is 20.2 Å². The normalized spacial score (nSPS) is 12.6. The molecule has 0 aliphatic heterocycles. The van der Waals surface area contributed by atoms with Crippen molar-refractivity contribution >= 4 is 6.08 Å². The minimum absolute atomic E-state index is 0.609. The van der Waals surface area contributed by atoms with E-state index >= 15 is 0 Å². The van der Waals surface area contributed by atoms with Crippen LogP contribution >= 0.6 is 0 Å². The Balaban J connectivity index is 2.65. The molecule has 0 bridgehead atoms. The molecule has 1 nitrogen and oxygen atoms in total. The summed E-state index contributed by atoms with van der Waals surface area (Å²) in [6.45, 7) is 7.21. The number of benzene rings is 1. The van der Waals surface area contributed by atoms with E-state index in [0.29, 0.717) is 5.57 Å². The zero-order chi connectivity index (χ0) is 10.4. The van der Waals surface area contributed by atoms with Gasteiger partial charge in [-0.1, -0.05) is 61.7 Å². The molecule has 0 radical (unpaired) electrons. The lowest BCUT2D eigenvalue weighted by molar-refractivity contribution is 0.264. The van der Waals surface area contributed by atoms with Gasteiger partial charge in [0.1, 0.15) is 0 Å². The summed E-state index contributed by atoms with van der Waals surface area (Å²) in [7, 11) is 0. The number of hydrogen-bond donors (Lipinski definition) is 1. The third-order valence-corrected chi connectivity index (χ3v) is 1.91. The van der Waals surface area contributed by atoms with Crippen LogP contribution in [0.4, 0.5) is 0 Å². The van der Waals surface area contributed by atoms with E-state index < -0.39 is 6.10 Å². The highest BCUT2D eigenvalue weighted by molar-refractivity contribution is 5.50. The molecule has 0 aromatic heterocycles. The maximum Gasteiger partial charge on any atom is 0.0969 e. The van der Waals surface area contributed by atoms with Crippen molar-refractivity contribution in [2.75, 3.05) is 0 Å². The summed E-state index contributed by atoms with van der Waals surface area (Å²) in [5.41, 5.74) is 1.67. The average Bonchev–Trinajstić information content (AvgIpc) is 2.26. The van der Waals surface area contributed by atoms with Gasteiger partial charge >= 0.3 is 0 Å². The number of aliphatic hydroxyl groups is 1. The van der Waals surface area contributed by atoms with Crippen molar-refractivity contribution in [3.63, 3.8) is 0 Å². The monoisotopic (exact) mass is 186 g/mol. The lowest BCUT2D eigenvalue weighted by Crippen LogP contribution is -2.02. The van der Waals surface area contributed by atoms with E-state index in [-0.39, 0.29) is 0 Å². The summed E-state index contributed by atoms with van der Waals surface area (Å²) in [6, 6.07) is 9.80. The van der Waals surface area contributed by atoms with Crippen molar-refractivity contribution in [3.05, 3.63) is 66.8 Å². The van der Waals surface area contributed by atoms with Crippen molar-refractivity contribution < 1.29 is 5.11 Å². The van der Waals surface area contributed by atoms with E-state index in [1.165, 1.54) is 0 Å². The van der Waals surface area contributed by atoms with E-state index in [1.807, 2.05) is 36.4 Å². The van der Waals surface area contributed by atoms with Crippen LogP contribution in [-0.4, -0.2) is 11.2 Å². The van der Waals surface area contributed by atoms with Crippen LogP contribution in [0.25, 0.3) is 6.08 Å². The zero-order valence-corrected chi connectivity index (χ0v) is 8.06. The van der Waals surface area contributed by atoms with Crippen molar-refractivity contribution in [3.8, 4) is 0 Å². The van der Waals surface area contributed by atoms with Gasteiger partial charge in [0.05, 0.1) is 6.10 Å². The minimum Gasteiger partial charge on any atom is -0.384 e. The summed E-state index contributed by atoms with van der Waals surface area (Å²) < 4.78 is 0. The maximum absolute atomic E-state index is 9.52. The number of aliphatic hydroxyl groups excluding tert-OH is 1. The second-order valence-corrected chi connectivity index (χ2v) is 2.99. The standard InChI is InChI=1S/C13H14O/c1-3-11(2)13(14)10-9-12-7-5-4-6-8-12/h3-10,13-14H,1-2H2/b10-9+/t13-/m0/s1. The fourth-order valence-electron chi connectivity index (χ4n) is 1.01.